The predicted octanol–water partition coefficient (Wildman–Crippen LogP) is 2.54. The third-order valence-corrected chi connectivity index (χ3v) is 3.83. The Labute approximate surface area is 123 Å². The summed E-state index contributed by atoms with van der Waals surface area (Å²) in [6.45, 7) is 8.75. The summed E-state index contributed by atoms with van der Waals surface area (Å²) >= 11 is 0. The molecule has 110 valence electrons. The fourth-order valence-electron chi connectivity index (χ4n) is 2.63. The molecule has 0 unspecified atom stereocenters. The van der Waals surface area contributed by atoms with Crippen molar-refractivity contribution in [3.8, 4) is 0 Å². The number of nitrogens with zero attached hydrogens (tertiary/aromatic N) is 4. The molecule has 0 radical (unpaired) electrons. The minimum absolute atomic E-state index is 0.710. The van der Waals surface area contributed by atoms with Crippen LogP contribution in [0.15, 0.2) is 6.07 Å². The molecule has 0 saturated heterocycles. The van der Waals surface area contributed by atoms with Crippen molar-refractivity contribution in [1.29, 1.82) is 0 Å². The first-order valence-electron chi connectivity index (χ1n) is 7.02. The van der Waals surface area contributed by atoms with Crippen LogP contribution in [0.2, 0.25) is 0 Å². The lowest BCUT2D eigenvalue weighted by atomic mass is 10.2. The van der Waals surface area contributed by atoms with Gasteiger partial charge in [0.15, 0.2) is 0 Å². The van der Waals surface area contributed by atoms with E-state index in [2.05, 4.69) is 38.4 Å². The van der Waals surface area contributed by atoms with E-state index < -0.39 is 0 Å². The first-order valence-corrected chi connectivity index (χ1v) is 7.02. The molecule has 2 N–H and O–H groups in total. The monoisotopic (exact) mass is 284 g/mol. The molecular weight excluding hydrogens is 264 g/mol. The lowest BCUT2D eigenvalue weighted by Crippen LogP contribution is -2.05. The van der Waals surface area contributed by atoms with Crippen LogP contribution in [0, 0.1) is 27.7 Å². The molecule has 0 fully saturated rings. The van der Waals surface area contributed by atoms with Gasteiger partial charge in [0.2, 0.25) is 0 Å². The second-order valence-corrected chi connectivity index (χ2v) is 5.46. The zero-order valence-corrected chi connectivity index (χ0v) is 13.1. The first kappa shape index (κ1) is 13.6. The molecule has 0 amide bonds. The normalized spacial score (nSPS) is 11.3. The van der Waals surface area contributed by atoms with E-state index >= 15 is 0 Å². The summed E-state index contributed by atoms with van der Waals surface area (Å²) in [5, 5.41) is 8.90. The Morgan fingerprint density at radius 3 is 2.62 bits per heavy atom. The number of aryl methyl sites for hydroxylation is 4. The quantitative estimate of drug-likeness (QED) is 0.775. The molecule has 0 aliphatic rings. The summed E-state index contributed by atoms with van der Waals surface area (Å²) in [4.78, 5) is 12.2. The number of hydrogen-bond acceptors (Lipinski definition) is 4. The molecule has 3 heterocycles. The lowest BCUT2D eigenvalue weighted by Gasteiger charge is -2.08. The van der Waals surface area contributed by atoms with Crippen molar-refractivity contribution in [2.75, 3.05) is 5.32 Å². The maximum atomic E-state index is 4.53. The van der Waals surface area contributed by atoms with Gasteiger partial charge in [0, 0.05) is 30.5 Å². The topological polar surface area (TPSA) is 71.4 Å². The maximum absolute atomic E-state index is 4.53. The molecule has 0 aromatic carbocycles. The fraction of sp³-hybridized carbons (Fsp3) is 0.400. The number of rotatable bonds is 3. The zero-order valence-electron chi connectivity index (χ0n) is 13.1. The second-order valence-electron chi connectivity index (χ2n) is 5.46. The molecule has 0 bridgehead atoms. The van der Waals surface area contributed by atoms with Crippen LogP contribution in [-0.4, -0.2) is 24.7 Å². The predicted molar refractivity (Wildman–Crippen MR) is 83.4 cm³/mol. The number of aromatic amines is 1. The minimum Gasteiger partial charge on any atom is -0.365 e. The summed E-state index contributed by atoms with van der Waals surface area (Å²) in [6.07, 6.45) is 0. The molecule has 21 heavy (non-hydrogen) atoms. The van der Waals surface area contributed by atoms with Gasteiger partial charge in [0.1, 0.15) is 17.3 Å². The van der Waals surface area contributed by atoms with Gasteiger partial charge in [-0.1, -0.05) is 0 Å². The zero-order chi connectivity index (χ0) is 15.1. The summed E-state index contributed by atoms with van der Waals surface area (Å²) in [5.41, 5.74) is 5.40. The molecule has 6 heteroatoms. The summed E-state index contributed by atoms with van der Waals surface area (Å²) < 4.78 is 1.91. The molecule has 0 atom stereocenters. The Kier molecular flexibility index (Phi) is 3.16. The highest BCUT2D eigenvalue weighted by Crippen LogP contribution is 2.22. The van der Waals surface area contributed by atoms with E-state index in [4.69, 9.17) is 0 Å². The largest absolute Gasteiger partial charge is 0.365 e. The summed E-state index contributed by atoms with van der Waals surface area (Å²) in [7, 11) is 1.97. The molecule has 3 rings (SSSR count). The molecule has 6 nitrogen and oxygen atoms in total. The van der Waals surface area contributed by atoms with E-state index in [1.807, 2.05) is 32.5 Å². The van der Waals surface area contributed by atoms with Crippen molar-refractivity contribution >= 4 is 16.9 Å². The van der Waals surface area contributed by atoms with Gasteiger partial charge >= 0.3 is 0 Å². The van der Waals surface area contributed by atoms with Crippen LogP contribution in [0.5, 0.6) is 0 Å². The Morgan fingerprint density at radius 1 is 1.19 bits per heavy atom. The number of aromatic nitrogens is 5. The van der Waals surface area contributed by atoms with Gasteiger partial charge in [0.05, 0.1) is 11.1 Å². The van der Waals surface area contributed by atoms with Crippen molar-refractivity contribution in [3.63, 3.8) is 0 Å². The standard InChI is InChI=1S/C15H20N6/c1-8-6-12-14(18-11(4)19-15(12)17-8)16-7-13-9(2)20-21(5)10(13)3/h6H,7H2,1-5H3,(H2,16,17,18,19). The molecule has 0 saturated carbocycles. The molecule has 0 spiro atoms. The Balaban J connectivity index is 1.95. The van der Waals surface area contributed by atoms with Gasteiger partial charge < -0.3 is 10.3 Å². The van der Waals surface area contributed by atoms with Crippen LogP contribution in [0.25, 0.3) is 11.0 Å². The Hall–Kier alpha value is -2.37. The highest BCUT2D eigenvalue weighted by molar-refractivity contribution is 5.87. The number of hydrogen-bond donors (Lipinski definition) is 2. The number of fused-ring (bicyclic) bond motifs is 1. The summed E-state index contributed by atoms with van der Waals surface area (Å²) in [5.74, 6) is 1.62. The third-order valence-electron chi connectivity index (χ3n) is 3.83. The van der Waals surface area contributed by atoms with E-state index in [1.54, 1.807) is 0 Å². The Bertz CT molecular complexity index is 811. The highest BCUT2D eigenvalue weighted by atomic mass is 15.3. The van der Waals surface area contributed by atoms with Gasteiger partial charge in [-0.25, -0.2) is 9.97 Å². The van der Waals surface area contributed by atoms with E-state index in [0.717, 1.165) is 34.1 Å². The van der Waals surface area contributed by atoms with Crippen LogP contribution >= 0.6 is 0 Å². The highest BCUT2D eigenvalue weighted by Gasteiger charge is 2.12. The van der Waals surface area contributed by atoms with Crippen LogP contribution in [0.3, 0.4) is 0 Å². The van der Waals surface area contributed by atoms with Crippen molar-refractivity contribution in [2.24, 2.45) is 7.05 Å². The van der Waals surface area contributed by atoms with Crippen molar-refractivity contribution < 1.29 is 0 Å². The average Bonchev–Trinajstić information content (AvgIpc) is 2.88. The van der Waals surface area contributed by atoms with Crippen LogP contribution in [-0.2, 0) is 13.6 Å². The van der Waals surface area contributed by atoms with Crippen LogP contribution in [0.4, 0.5) is 5.82 Å². The van der Waals surface area contributed by atoms with E-state index in [9.17, 15) is 0 Å². The number of H-pyrrole nitrogens is 1. The van der Waals surface area contributed by atoms with Crippen LogP contribution in [0.1, 0.15) is 28.5 Å². The fourth-order valence-corrected chi connectivity index (χ4v) is 2.63. The van der Waals surface area contributed by atoms with Crippen molar-refractivity contribution in [3.05, 3.63) is 34.5 Å². The van der Waals surface area contributed by atoms with Crippen LogP contribution < -0.4 is 5.32 Å². The molecule has 0 aliphatic heterocycles. The van der Waals surface area contributed by atoms with E-state index in [1.165, 1.54) is 11.3 Å². The average molecular weight is 284 g/mol. The van der Waals surface area contributed by atoms with Gasteiger partial charge in [-0.2, -0.15) is 5.10 Å². The smallest absolute Gasteiger partial charge is 0.143 e. The van der Waals surface area contributed by atoms with E-state index in [0.29, 0.717) is 6.54 Å². The van der Waals surface area contributed by atoms with Gasteiger partial charge in [-0.05, 0) is 33.8 Å². The summed E-state index contributed by atoms with van der Waals surface area (Å²) in [6, 6.07) is 2.07. The molecular formula is C15H20N6. The Morgan fingerprint density at radius 2 is 1.95 bits per heavy atom. The van der Waals surface area contributed by atoms with Gasteiger partial charge in [0.25, 0.3) is 0 Å². The third kappa shape index (κ3) is 2.37. The maximum Gasteiger partial charge on any atom is 0.143 e. The lowest BCUT2D eigenvalue weighted by molar-refractivity contribution is 0.730. The number of anilines is 1. The first-order chi connectivity index (χ1) is 9.95. The molecule has 3 aromatic rings. The van der Waals surface area contributed by atoms with Gasteiger partial charge in [-0.3, -0.25) is 4.68 Å². The van der Waals surface area contributed by atoms with Gasteiger partial charge in [-0.15, -0.1) is 0 Å². The molecule has 3 aromatic heterocycles. The molecule has 0 aliphatic carbocycles. The van der Waals surface area contributed by atoms with Crippen molar-refractivity contribution in [2.45, 2.75) is 34.2 Å². The number of nitrogens with one attached hydrogen (secondary N) is 2. The SMILES string of the molecule is Cc1nc(NCc2c(C)nn(C)c2C)c2cc(C)[nH]c2n1. The second kappa shape index (κ2) is 4.87. The minimum atomic E-state index is 0.710. The van der Waals surface area contributed by atoms with E-state index in [-0.39, 0.29) is 0 Å². The van der Waals surface area contributed by atoms with Crippen molar-refractivity contribution in [1.82, 2.24) is 24.7 Å².